The number of halogens is 1. The molecule has 0 bridgehead atoms. The average Bonchev–Trinajstić information content (AvgIpc) is 3.52. The van der Waals surface area contributed by atoms with Gasteiger partial charge in [-0.2, -0.15) is 5.10 Å². The Bertz CT molecular complexity index is 1200. The molecule has 0 amide bonds. The molecule has 1 aliphatic heterocycles. The van der Waals surface area contributed by atoms with Crippen molar-refractivity contribution in [2.24, 2.45) is 5.92 Å². The highest BCUT2D eigenvalue weighted by Gasteiger charge is 2.41. The molecule has 0 unspecified atom stereocenters. The number of carboxylic acids is 1. The van der Waals surface area contributed by atoms with Crippen LogP contribution in [0.5, 0.6) is 0 Å². The van der Waals surface area contributed by atoms with Crippen molar-refractivity contribution in [1.82, 2.24) is 24.6 Å². The minimum Gasteiger partial charge on any atom is -0.481 e. The van der Waals surface area contributed by atoms with Gasteiger partial charge in [0.1, 0.15) is 17.0 Å². The van der Waals surface area contributed by atoms with Crippen LogP contribution >= 0.6 is 0 Å². The molecule has 9 heteroatoms. The zero-order valence-corrected chi connectivity index (χ0v) is 17.9. The monoisotopic (exact) mass is 439 g/mol. The summed E-state index contributed by atoms with van der Waals surface area (Å²) in [5.74, 6) is -1.62. The van der Waals surface area contributed by atoms with Gasteiger partial charge >= 0.3 is 5.97 Å². The molecule has 1 saturated heterocycles. The number of hydrogen-bond donors (Lipinski definition) is 2. The maximum atomic E-state index is 13.4. The first-order valence-corrected chi connectivity index (χ1v) is 11.1. The topological polar surface area (TPSA) is 104 Å². The number of hydrogen-bond acceptors (Lipinski definition) is 5. The Morgan fingerprint density at radius 3 is 2.62 bits per heavy atom. The lowest BCUT2D eigenvalue weighted by Crippen LogP contribution is -2.29. The van der Waals surface area contributed by atoms with E-state index in [1.807, 2.05) is 16.5 Å². The first-order chi connectivity index (χ1) is 15.4. The third-order valence-electron chi connectivity index (χ3n) is 7.06. The average molecular weight is 439 g/mol. The second-order valence-electron chi connectivity index (χ2n) is 8.95. The van der Waals surface area contributed by atoms with Gasteiger partial charge in [0.2, 0.25) is 0 Å². The van der Waals surface area contributed by atoms with Gasteiger partial charge in [-0.15, -0.1) is 0 Å². The van der Waals surface area contributed by atoms with Crippen LogP contribution in [0, 0.1) is 11.7 Å². The van der Waals surface area contributed by atoms with Crippen LogP contribution in [0.3, 0.4) is 0 Å². The summed E-state index contributed by atoms with van der Waals surface area (Å²) in [5, 5.41) is 14.7. The Hall–Kier alpha value is -3.07. The van der Waals surface area contributed by atoms with Crippen molar-refractivity contribution in [3.63, 3.8) is 0 Å². The van der Waals surface area contributed by atoms with Crippen molar-refractivity contribution < 1.29 is 14.3 Å². The summed E-state index contributed by atoms with van der Waals surface area (Å²) in [7, 11) is 0. The molecule has 1 aliphatic carbocycles. The number of aliphatic carboxylic acids is 1. The molecule has 1 aromatic carbocycles. The van der Waals surface area contributed by atoms with Crippen molar-refractivity contribution in [3.05, 3.63) is 58.0 Å². The fourth-order valence-corrected chi connectivity index (χ4v) is 5.19. The third kappa shape index (κ3) is 3.60. The maximum Gasteiger partial charge on any atom is 0.308 e. The molecule has 8 nitrogen and oxygen atoms in total. The van der Waals surface area contributed by atoms with E-state index in [0.717, 1.165) is 31.2 Å². The Morgan fingerprint density at radius 2 is 1.94 bits per heavy atom. The van der Waals surface area contributed by atoms with Gasteiger partial charge in [-0.3, -0.25) is 14.5 Å². The molecule has 3 heterocycles. The molecular formula is C23H26FN5O3. The Balaban J connectivity index is 1.46. The van der Waals surface area contributed by atoms with Crippen molar-refractivity contribution >= 4 is 17.0 Å². The van der Waals surface area contributed by atoms with Crippen molar-refractivity contribution in [1.29, 1.82) is 0 Å². The number of aromatic nitrogens is 4. The van der Waals surface area contributed by atoms with Crippen molar-refractivity contribution in [2.45, 2.75) is 50.6 Å². The molecule has 0 spiro atoms. The number of fused-ring (bicyclic) bond motifs is 1. The quantitative estimate of drug-likeness (QED) is 0.633. The number of carbonyl (C=O) groups is 1. The fourth-order valence-electron chi connectivity index (χ4n) is 5.19. The predicted octanol–water partition coefficient (Wildman–Crippen LogP) is 3.24. The molecule has 1 saturated carbocycles. The normalized spacial score (nSPS) is 23.2. The number of carboxylic acid groups (broad SMARTS) is 1. The molecule has 2 aliphatic rings. The summed E-state index contributed by atoms with van der Waals surface area (Å²) in [6, 6.07) is 5.99. The molecule has 32 heavy (non-hydrogen) atoms. The van der Waals surface area contributed by atoms with E-state index in [0.29, 0.717) is 29.9 Å². The second kappa shape index (κ2) is 8.12. The number of benzene rings is 1. The minimum absolute atomic E-state index is 0.231. The Kier molecular flexibility index (Phi) is 5.28. The summed E-state index contributed by atoms with van der Waals surface area (Å²) in [6.45, 7) is 2.72. The molecule has 0 radical (unpaired) electrons. The lowest BCUT2D eigenvalue weighted by Gasteiger charge is -2.23. The van der Waals surface area contributed by atoms with E-state index in [1.165, 1.54) is 12.1 Å². The second-order valence-corrected chi connectivity index (χ2v) is 8.95. The van der Waals surface area contributed by atoms with Gasteiger partial charge in [0.05, 0.1) is 24.2 Å². The highest BCUT2D eigenvalue weighted by atomic mass is 19.1. The maximum absolute atomic E-state index is 13.4. The first-order valence-electron chi connectivity index (χ1n) is 11.1. The van der Waals surface area contributed by atoms with Gasteiger partial charge in [-0.05, 0) is 37.5 Å². The van der Waals surface area contributed by atoms with Crippen LogP contribution in [0.2, 0.25) is 0 Å². The standard InChI is InChI=1S/C23H26FN5O3/c1-13(28-11-18(19(12-28)23(31)32)14-6-8-15(24)9-7-14)20-26-21-17(22(30)27-20)10-25-29(21)16-4-2-3-5-16/h6-10,13,16,18-19H,2-5,11-12H2,1H3,(H,31,32)(H,26,27,30)/t13-,18-,19+/m1/s1. The van der Waals surface area contributed by atoms with Gasteiger partial charge in [-0.1, -0.05) is 25.0 Å². The third-order valence-corrected chi connectivity index (χ3v) is 7.06. The number of nitrogens with one attached hydrogen (secondary N) is 1. The van der Waals surface area contributed by atoms with E-state index in [2.05, 4.69) is 10.1 Å². The highest BCUT2D eigenvalue weighted by molar-refractivity contribution is 5.73. The summed E-state index contributed by atoms with van der Waals surface area (Å²) >= 11 is 0. The highest BCUT2D eigenvalue weighted by Crippen LogP contribution is 2.37. The zero-order valence-electron chi connectivity index (χ0n) is 17.9. The number of rotatable bonds is 5. The molecule has 2 fully saturated rings. The van der Waals surface area contributed by atoms with Crippen LogP contribution in [0.25, 0.3) is 11.0 Å². The molecule has 3 atom stereocenters. The van der Waals surface area contributed by atoms with Gasteiger partial charge in [0.25, 0.3) is 5.56 Å². The van der Waals surface area contributed by atoms with Crippen molar-refractivity contribution in [2.75, 3.05) is 13.1 Å². The molecule has 5 rings (SSSR count). The number of likely N-dealkylation sites (tertiary alicyclic amines) is 1. The van der Waals surface area contributed by atoms with Crippen LogP contribution < -0.4 is 5.56 Å². The molecule has 3 aromatic rings. The summed E-state index contributed by atoms with van der Waals surface area (Å²) < 4.78 is 15.2. The van der Waals surface area contributed by atoms with E-state index in [1.54, 1.807) is 18.3 Å². The lowest BCUT2D eigenvalue weighted by atomic mass is 9.89. The van der Waals surface area contributed by atoms with E-state index in [-0.39, 0.29) is 29.4 Å². The van der Waals surface area contributed by atoms with E-state index in [4.69, 9.17) is 4.98 Å². The van der Waals surface area contributed by atoms with Gasteiger partial charge < -0.3 is 10.1 Å². The van der Waals surface area contributed by atoms with Crippen LogP contribution in [0.15, 0.2) is 35.3 Å². The number of aromatic amines is 1. The molecule has 2 aromatic heterocycles. The van der Waals surface area contributed by atoms with E-state index >= 15 is 0 Å². The van der Waals surface area contributed by atoms with Crippen LogP contribution in [-0.2, 0) is 4.79 Å². The smallest absolute Gasteiger partial charge is 0.308 e. The SMILES string of the molecule is C[C@H](c1nc2c(cnn2C2CCCC2)c(=O)[nH]1)N1C[C@H](C(=O)O)[C@@H](c2ccc(F)cc2)C1. The summed E-state index contributed by atoms with van der Waals surface area (Å²) in [5.41, 5.74) is 1.15. The first kappa shape index (κ1) is 20.8. The number of H-pyrrole nitrogens is 1. The molecular weight excluding hydrogens is 413 g/mol. The Labute approximate surface area is 184 Å². The van der Waals surface area contributed by atoms with E-state index in [9.17, 15) is 19.1 Å². The van der Waals surface area contributed by atoms with Crippen molar-refractivity contribution in [3.8, 4) is 0 Å². The fraction of sp³-hybridized carbons (Fsp3) is 0.478. The summed E-state index contributed by atoms with van der Waals surface area (Å²) in [4.78, 5) is 34.4. The van der Waals surface area contributed by atoms with Crippen LogP contribution in [0.4, 0.5) is 4.39 Å². The van der Waals surface area contributed by atoms with Gasteiger partial charge in [0.15, 0.2) is 5.65 Å². The number of nitrogens with zero attached hydrogens (tertiary/aromatic N) is 4. The van der Waals surface area contributed by atoms with Gasteiger partial charge in [0, 0.05) is 19.0 Å². The predicted molar refractivity (Wildman–Crippen MR) is 116 cm³/mol. The largest absolute Gasteiger partial charge is 0.481 e. The van der Waals surface area contributed by atoms with E-state index < -0.39 is 11.9 Å². The van der Waals surface area contributed by atoms with Crippen LogP contribution in [-0.4, -0.2) is 48.8 Å². The lowest BCUT2D eigenvalue weighted by molar-refractivity contribution is -0.141. The Morgan fingerprint density at radius 1 is 1.22 bits per heavy atom. The van der Waals surface area contributed by atoms with Gasteiger partial charge in [-0.25, -0.2) is 14.1 Å². The molecule has 168 valence electrons. The zero-order chi connectivity index (χ0) is 22.4. The summed E-state index contributed by atoms with van der Waals surface area (Å²) in [6.07, 6.45) is 5.93. The van der Waals surface area contributed by atoms with Crippen LogP contribution in [0.1, 0.15) is 62.0 Å². The minimum atomic E-state index is -0.884. The molecule has 2 N–H and O–H groups in total.